The number of hydrogen-bond acceptors (Lipinski definition) is 2. The van der Waals surface area contributed by atoms with E-state index in [1.165, 1.54) is 12.1 Å². The number of halogens is 2. The first-order valence-electron chi connectivity index (χ1n) is 4.10. The average molecular weight is 302 g/mol. The molecule has 2 aromatic rings. The molecule has 2 nitrogen and oxygen atoms in total. The van der Waals surface area contributed by atoms with Crippen LogP contribution in [0.15, 0.2) is 18.2 Å². The normalized spacial score (nSPS) is 10.8. The second kappa shape index (κ2) is 3.34. The number of benzene rings is 1. The Kier molecular flexibility index (Phi) is 2.30. The predicted molar refractivity (Wildman–Crippen MR) is 63.6 cm³/mol. The molecule has 1 aromatic heterocycles. The van der Waals surface area contributed by atoms with Crippen LogP contribution in [0.2, 0.25) is 0 Å². The highest BCUT2D eigenvalue weighted by Crippen LogP contribution is 2.25. The fourth-order valence-corrected chi connectivity index (χ4v) is 2.12. The molecule has 0 saturated carbocycles. The minimum Gasteiger partial charge on any atom is -0.398 e. The molecular weight excluding hydrogens is 294 g/mol. The Morgan fingerprint density at radius 3 is 2.79 bits per heavy atom. The molecule has 0 atom stereocenters. The molecule has 0 bridgehead atoms. The summed E-state index contributed by atoms with van der Waals surface area (Å²) in [5.74, 6) is -0.278. The third kappa shape index (κ3) is 1.54. The fraction of sp³-hybridized carbons (Fsp3) is 0.100. The maximum absolute atomic E-state index is 13.1. The molecule has 2 rings (SSSR count). The molecule has 0 radical (unpaired) electrons. The molecule has 72 valence electrons. The molecule has 0 unspecified atom stereocenters. The van der Waals surface area contributed by atoms with Crippen LogP contribution in [0.4, 0.5) is 10.1 Å². The van der Waals surface area contributed by atoms with Gasteiger partial charge in [-0.05, 0) is 47.7 Å². The maximum atomic E-state index is 13.1. The maximum Gasteiger partial charge on any atom is 0.125 e. The van der Waals surface area contributed by atoms with E-state index in [4.69, 9.17) is 5.73 Å². The Balaban J connectivity index is 2.94. The predicted octanol–water partition coefficient (Wildman–Crippen LogP) is 2.87. The van der Waals surface area contributed by atoms with Gasteiger partial charge >= 0.3 is 0 Å². The summed E-state index contributed by atoms with van der Waals surface area (Å²) in [5.41, 5.74) is 7.97. The van der Waals surface area contributed by atoms with Crippen molar-refractivity contribution in [1.29, 1.82) is 0 Å². The summed E-state index contributed by atoms with van der Waals surface area (Å²) in [4.78, 5) is 4.32. The van der Waals surface area contributed by atoms with Gasteiger partial charge in [0.2, 0.25) is 0 Å². The van der Waals surface area contributed by atoms with Crippen LogP contribution in [-0.2, 0) is 0 Å². The average Bonchev–Trinajstić information content (AvgIpc) is 2.07. The first-order valence-corrected chi connectivity index (χ1v) is 5.17. The summed E-state index contributed by atoms with van der Waals surface area (Å²) in [7, 11) is 0. The third-order valence-corrected chi connectivity index (χ3v) is 2.81. The van der Waals surface area contributed by atoms with E-state index in [-0.39, 0.29) is 5.82 Å². The van der Waals surface area contributed by atoms with E-state index in [0.29, 0.717) is 11.1 Å². The Labute approximate surface area is 94.5 Å². The van der Waals surface area contributed by atoms with E-state index in [9.17, 15) is 4.39 Å². The van der Waals surface area contributed by atoms with Crippen molar-refractivity contribution in [3.63, 3.8) is 0 Å². The zero-order chi connectivity index (χ0) is 10.3. The summed E-state index contributed by atoms with van der Waals surface area (Å²) in [5, 5.41) is 0.681. The lowest BCUT2D eigenvalue weighted by molar-refractivity contribution is 0.628. The number of hydrogen-bond donors (Lipinski definition) is 1. The van der Waals surface area contributed by atoms with Crippen LogP contribution < -0.4 is 5.73 Å². The largest absolute Gasteiger partial charge is 0.398 e. The number of fused-ring (bicyclic) bond motifs is 1. The molecule has 1 aromatic carbocycles. The number of nitrogens with zero attached hydrogens (tertiary/aromatic N) is 1. The van der Waals surface area contributed by atoms with E-state index < -0.39 is 0 Å². The minimum absolute atomic E-state index is 0.278. The fourth-order valence-electron chi connectivity index (χ4n) is 1.41. The van der Waals surface area contributed by atoms with Crippen molar-refractivity contribution in [3.05, 3.63) is 33.3 Å². The van der Waals surface area contributed by atoms with Gasteiger partial charge in [-0.1, -0.05) is 0 Å². The van der Waals surface area contributed by atoms with Gasteiger partial charge in [-0.2, -0.15) is 0 Å². The van der Waals surface area contributed by atoms with Gasteiger partial charge < -0.3 is 5.73 Å². The molecule has 0 aliphatic rings. The highest BCUT2D eigenvalue weighted by molar-refractivity contribution is 14.1. The van der Waals surface area contributed by atoms with Crippen molar-refractivity contribution < 1.29 is 4.39 Å². The van der Waals surface area contributed by atoms with Crippen molar-refractivity contribution in [2.75, 3.05) is 5.73 Å². The van der Waals surface area contributed by atoms with E-state index in [1.54, 1.807) is 6.07 Å². The third-order valence-electron chi connectivity index (χ3n) is 1.99. The van der Waals surface area contributed by atoms with E-state index in [0.717, 1.165) is 14.8 Å². The topological polar surface area (TPSA) is 38.9 Å². The standard InChI is InChI=1S/C10H8FIN2/c1-5-2-9(13)7-3-6(11)4-8(12)10(7)14-5/h2-4H,1H3,(H2,13,14). The van der Waals surface area contributed by atoms with Gasteiger partial charge in [0.05, 0.1) is 5.52 Å². The van der Waals surface area contributed by atoms with Crippen molar-refractivity contribution >= 4 is 39.2 Å². The smallest absolute Gasteiger partial charge is 0.125 e. The van der Waals surface area contributed by atoms with E-state index in [1.807, 2.05) is 6.92 Å². The Morgan fingerprint density at radius 1 is 1.36 bits per heavy atom. The van der Waals surface area contributed by atoms with Crippen LogP contribution in [0.3, 0.4) is 0 Å². The Hall–Kier alpha value is -0.910. The van der Waals surface area contributed by atoms with Crippen molar-refractivity contribution in [3.8, 4) is 0 Å². The zero-order valence-corrected chi connectivity index (χ0v) is 9.67. The molecule has 0 saturated heterocycles. The summed E-state index contributed by atoms with van der Waals surface area (Å²) < 4.78 is 13.9. The molecule has 2 N–H and O–H groups in total. The van der Waals surface area contributed by atoms with Crippen molar-refractivity contribution in [2.24, 2.45) is 0 Å². The molecule has 0 spiro atoms. The van der Waals surface area contributed by atoms with Crippen LogP contribution in [0.5, 0.6) is 0 Å². The summed E-state index contributed by atoms with van der Waals surface area (Å²) >= 11 is 2.06. The summed E-state index contributed by atoms with van der Waals surface area (Å²) in [6.45, 7) is 1.87. The lowest BCUT2D eigenvalue weighted by atomic mass is 10.1. The van der Waals surface area contributed by atoms with Gasteiger partial charge in [0, 0.05) is 20.3 Å². The number of aromatic nitrogens is 1. The van der Waals surface area contributed by atoms with Gasteiger partial charge in [-0.3, -0.25) is 4.98 Å². The van der Waals surface area contributed by atoms with Crippen LogP contribution in [0, 0.1) is 16.3 Å². The molecule has 0 aliphatic heterocycles. The van der Waals surface area contributed by atoms with Gasteiger partial charge in [-0.25, -0.2) is 4.39 Å². The number of rotatable bonds is 0. The van der Waals surface area contributed by atoms with Crippen LogP contribution in [0.1, 0.15) is 5.69 Å². The Bertz CT molecular complexity index is 464. The molecule has 0 amide bonds. The summed E-state index contributed by atoms with van der Waals surface area (Å²) in [6, 6.07) is 4.62. The van der Waals surface area contributed by atoms with Gasteiger partial charge in [0.15, 0.2) is 0 Å². The van der Waals surface area contributed by atoms with Crippen molar-refractivity contribution in [1.82, 2.24) is 4.98 Å². The lowest BCUT2D eigenvalue weighted by Crippen LogP contribution is -1.94. The quantitative estimate of drug-likeness (QED) is 0.760. The van der Waals surface area contributed by atoms with Crippen molar-refractivity contribution in [2.45, 2.75) is 6.92 Å². The number of pyridine rings is 1. The van der Waals surface area contributed by atoms with E-state index in [2.05, 4.69) is 27.6 Å². The van der Waals surface area contributed by atoms with E-state index >= 15 is 0 Å². The Morgan fingerprint density at radius 2 is 2.07 bits per heavy atom. The second-order valence-corrected chi connectivity index (χ2v) is 4.30. The molecule has 0 fully saturated rings. The monoisotopic (exact) mass is 302 g/mol. The van der Waals surface area contributed by atoms with Gasteiger partial charge in [0.1, 0.15) is 5.82 Å². The molecule has 4 heteroatoms. The molecule has 14 heavy (non-hydrogen) atoms. The first-order chi connectivity index (χ1) is 6.58. The molecular formula is C10H8FIN2. The number of anilines is 1. The van der Waals surface area contributed by atoms with Gasteiger partial charge in [-0.15, -0.1) is 0 Å². The molecule has 1 heterocycles. The zero-order valence-electron chi connectivity index (χ0n) is 7.51. The first kappa shape index (κ1) is 9.64. The van der Waals surface area contributed by atoms with Crippen LogP contribution in [-0.4, -0.2) is 4.98 Å². The van der Waals surface area contributed by atoms with Gasteiger partial charge in [0.25, 0.3) is 0 Å². The minimum atomic E-state index is -0.278. The summed E-state index contributed by atoms with van der Waals surface area (Å²) in [6.07, 6.45) is 0. The van der Waals surface area contributed by atoms with Crippen LogP contribution >= 0.6 is 22.6 Å². The highest BCUT2D eigenvalue weighted by atomic mass is 127. The second-order valence-electron chi connectivity index (χ2n) is 3.14. The number of nitrogen functional groups attached to an aromatic ring is 1. The highest BCUT2D eigenvalue weighted by Gasteiger charge is 2.06. The van der Waals surface area contributed by atoms with Crippen LogP contribution in [0.25, 0.3) is 10.9 Å². The SMILES string of the molecule is Cc1cc(N)c2cc(F)cc(I)c2n1. The number of nitrogens with two attached hydrogens (primary N) is 1. The number of aryl methyl sites for hydroxylation is 1. The lowest BCUT2D eigenvalue weighted by Gasteiger charge is -2.05. The molecule has 0 aliphatic carbocycles.